The van der Waals surface area contributed by atoms with Crippen LogP contribution in [0.15, 0.2) is 42.1 Å². The number of rotatable bonds is 7. The summed E-state index contributed by atoms with van der Waals surface area (Å²) in [5.41, 5.74) is 6.75. The number of fused-ring (bicyclic) bond motifs is 4. The zero-order valence-corrected chi connectivity index (χ0v) is 26.3. The molecule has 3 aliphatic rings. The number of carboxylic acid groups (broad SMARTS) is 1. The van der Waals surface area contributed by atoms with Gasteiger partial charge in [-0.05, 0) is 76.3 Å². The molecule has 0 saturated heterocycles. The Hall–Kier alpha value is -4.16. The largest absolute Gasteiger partial charge is 0.476 e. The van der Waals surface area contributed by atoms with Crippen LogP contribution in [0.5, 0.6) is 0 Å². The Morgan fingerprint density at radius 3 is 2.86 bits per heavy atom. The maximum absolute atomic E-state index is 12.4. The number of hydrogen-bond acceptors (Lipinski definition) is 10. The van der Waals surface area contributed by atoms with Gasteiger partial charge in [0.05, 0.1) is 21.3 Å². The highest BCUT2D eigenvalue weighted by Crippen LogP contribution is 2.48. The summed E-state index contributed by atoms with van der Waals surface area (Å²) in [6, 6.07) is 8.03. The van der Waals surface area contributed by atoms with Crippen molar-refractivity contribution in [2.75, 3.05) is 16.8 Å². The Morgan fingerprint density at radius 1 is 1.11 bits per heavy atom. The molecule has 1 atom stereocenters. The molecule has 4 aromatic heterocycles. The van der Waals surface area contributed by atoms with E-state index >= 15 is 0 Å². The first-order valence-electron chi connectivity index (χ1n) is 15.1. The van der Waals surface area contributed by atoms with E-state index in [0.29, 0.717) is 22.4 Å². The van der Waals surface area contributed by atoms with E-state index in [1.165, 1.54) is 37.0 Å². The van der Waals surface area contributed by atoms with Gasteiger partial charge >= 0.3 is 5.97 Å². The number of carbonyl (C=O) groups is 1. The topological polar surface area (TPSA) is 122 Å². The molecule has 1 unspecified atom stereocenters. The lowest BCUT2D eigenvalue weighted by Gasteiger charge is -2.41. The summed E-state index contributed by atoms with van der Waals surface area (Å²) in [7, 11) is 0. The molecule has 2 N–H and O–H groups in total. The van der Waals surface area contributed by atoms with Gasteiger partial charge in [0.15, 0.2) is 27.6 Å². The fourth-order valence-electron chi connectivity index (χ4n) is 7.15. The molecular formula is C32H32N8O2S2. The minimum Gasteiger partial charge on any atom is -0.476 e. The Morgan fingerprint density at radius 2 is 2.00 bits per heavy atom. The fourth-order valence-corrected chi connectivity index (χ4v) is 9.16. The highest BCUT2D eigenvalue weighted by molar-refractivity contribution is 7.22. The molecule has 2 aliphatic carbocycles. The molecule has 12 heteroatoms. The first-order chi connectivity index (χ1) is 21.4. The smallest absolute Gasteiger partial charge is 0.356 e. The van der Waals surface area contributed by atoms with Gasteiger partial charge in [-0.3, -0.25) is 4.68 Å². The van der Waals surface area contributed by atoms with E-state index in [2.05, 4.69) is 42.3 Å². The lowest BCUT2D eigenvalue weighted by molar-refractivity contribution is 0.0692. The van der Waals surface area contributed by atoms with E-state index in [9.17, 15) is 9.90 Å². The number of allylic oxidation sites excluding steroid dienone is 2. The van der Waals surface area contributed by atoms with Gasteiger partial charge in [0.2, 0.25) is 0 Å². The SMILES string of the molecule is Cc1c(Nc2nc3ccccc3s2)nnc2c1CCN2c1nc(C(=O)O)c(-c2cnn(CC34CCC=C(CCC3)C4)c2C)s1. The quantitative estimate of drug-likeness (QED) is 0.178. The number of aromatic nitrogens is 6. The number of thiazole rings is 2. The number of para-hydroxylation sites is 1. The zero-order valence-electron chi connectivity index (χ0n) is 24.6. The molecule has 5 heterocycles. The fraction of sp³-hybridized carbons (Fsp3) is 0.375. The predicted molar refractivity (Wildman–Crippen MR) is 174 cm³/mol. The van der Waals surface area contributed by atoms with E-state index in [1.807, 2.05) is 43.1 Å². The average Bonchev–Trinajstić information content (AvgIpc) is 3.79. The van der Waals surface area contributed by atoms with Gasteiger partial charge in [0, 0.05) is 35.5 Å². The van der Waals surface area contributed by atoms with Gasteiger partial charge in [-0.2, -0.15) is 5.10 Å². The maximum atomic E-state index is 12.4. The molecule has 224 valence electrons. The van der Waals surface area contributed by atoms with Crippen molar-refractivity contribution in [3.63, 3.8) is 0 Å². The summed E-state index contributed by atoms with van der Waals surface area (Å²) in [6.45, 7) is 5.60. The van der Waals surface area contributed by atoms with Crippen LogP contribution in [-0.2, 0) is 13.0 Å². The Labute approximate surface area is 262 Å². The zero-order chi connectivity index (χ0) is 30.0. The summed E-state index contributed by atoms with van der Waals surface area (Å²) in [6.07, 6.45) is 12.2. The van der Waals surface area contributed by atoms with Crippen molar-refractivity contribution in [1.29, 1.82) is 0 Å². The minimum atomic E-state index is -1.04. The van der Waals surface area contributed by atoms with Crippen molar-refractivity contribution in [1.82, 2.24) is 29.9 Å². The first kappa shape index (κ1) is 27.4. The average molecular weight is 625 g/mol. The van der Waals surface area contributed by atoms with Crippen molar-refractivity contribution in [3.05, 3.63) is 64.6 Å². The molecular weight excluding hydrogens is 593 g/mol. The molecule has 1 aromatic carbocycles. The second kappa shape index (κ2) is 10.5. The number of nitrogens with one attached hydrogen (secondary N) is 1. The number of aromatic carboxylic acids is 1. The van der Waals surface area contributed by atoms with Crippen LogP contribution in [0.4, 0.5) is 21.9 Å². The van der Waals surface area contributed by atoms with E-state index < -0.39 is 5.97 Å². The molecule has 0 spiro atoms. The summed E-state index contributed by atoms with van der Waals surface area (Å²) in [5.74, 6) is 0.357. The van der Waals surface area contributed by atoms with Gasteiger partial charge in [0.1, 0.15) is 0 Å². The van der Waals surface area contributed by atoms with E-state index in [1.54, 1.807) is 16.9 Å². The molecule has 0 radical (unpaired) electrons. The van der Waals surface area contributed by atoms with Gasteiger partial charge in [-0.25, -0.2) is 14.8 Å². The third kappa shape index (κ3) is 4.58. The lowest BCUT2D eigenvalue weighted by Crippen LogP contribution is -2.33. The minimum absolute atomic E-state index is 0.0543. The highest BCUT2D eigenvalue weighted by atomic mass is 32.1. The molecule has 1 fully saturated rings. The Bertz CT molecular complexity index is 1940. The molecule has 10 nitrogen and oxygen atoms in total. The Kier molecular flexibility index (Phi) is 6.53. The number of anilines is 4. The number of hydrogen-bond donors (Lipinski definition) is 2. The van der Waals surface area contributed by atoms with Crippen molar-refractivity contribution < 1.29 is 9.90 Å². The number of nitrogens with zero attached hydrogens (tertiary/aromatic N) is 7. The van der Waals surface area contributed by atoms with Gasteiger partial charge in [-0.1, -0.05) is 46.5 Å². The third-order valence-corrected chi connectivity index (χ3v) is 11.5. The summed E-state index contributed by atoms with van der Waals surface area (Å²) in [5, 5.41) is 28.8. The van der Waals surface area contributed by atoms with Crippen LogP contribution in [0.2, 0.25) is 0 Å². The van der Waals surface area contributed by atoms with Crippen LogP contribution in [0.25, 0.3) is 20.7 Å². The third-order valence-electron chi connectivity index (χ3n) is 9.48. The molecule has 44 heavy (non-hydrogen) atoms. The Balaban J connectivity index is 1.08. The highest BCUT2D eigenvalue weighted by Gasteiger charge is 2.37. The molecule has 8 rings (SSSR count). The van der Waals surface area contributed by atoms with Crippen LogP contribution < -0.4 is 10.2 Å². The van der Waals surface area contributed by atoms with Crippen LogP contribution in [0, 0.1) is 19.3 Å². The summed E-state index contributed by atoms with van der Waals surface area (Å²) in [4.78, 5) is 24.4. The van der Waals surface area contributed by atoms with Crippen molar-refractivity contribution in [2.45, 2.75) is 65.3 Å². The maximum Gasteiger partial charge on any atom is 0.356 e. The summed E-state index contributed by atoms with van der Waals surface area (Å²) < 4.78 is 3.20. The normalized spacial score (nSPS) is 19.3. The van der Waals surface area contributed by atoms with Crippen LogP contribution in [0.3, 0.4) is 0 Å². The molecule has 1 aliphatic heterocycles. The molecule has 0 amide bonds. The molecule has 1 saturated carbocycles. The van der Waals surface area contributed by atoms with Crippen LogP contribution in [0.1, 0.15) is 65.8 Å². The monoisotopic (exact) mass is 624 g/mol. The predicted octanol–water partition coefficient (Wildman–Crippen LogP) is 7.44. The second-order valence-electron chi connectivity index (χ2n) is 12.2. The van der Waals surface area contributed by atoms with Gasteiger partial charge < -0.3 is 15.3 Å². The van der Waals surface area contributed by atoms with Crippen LogP contribution >= 0.6 is 22.7 Å². The van der Waals surface area contributed by atoms with Gasteiger partial charge in [0.25, 0.3) is 0 Å². The van der Waals surface area contributed by atoms with Crippen molar-refractivity contribution in [3.8, 4) is 10.4 Å². The summed E-state index contributed by atoms with van der Waals surface area (Å²) >= 11 is 2.97. The standard InChI is InChI=1S/C32H32N8O2S2/c1-18-21-11-14-39(28(21)38-37-27(18)36-30-34-23-9-3-4-10-24(23)43-30)31-35-25(29(41)42)26(44-31)22-16-33-40(19(22)2)17-32-12-5-7-20(15-32)8-6-13-32/h3-4,7,9-10,16H,5-6,8,11-15,17H2,1-2H3,(H,41,42)(H,34,36,37). The van der Waals surface area contributed by atoms with E-state index in [0.717, 1.165) is 69.4 Å². The first-order valence-corrected chi connectivity index (χ1v) is 16.7. The molecule has 2 bridgehead atoms. The van der Waals surface area contributed by atoms with E-state index in [4.69, 9.17) is 5.10 Å². The second-order valence-corrected chi connectivity index (χ2v) is 14.2. The lowest BCUT2D eigenvalue weighted by atomic mass is 9.66. The van der Waals surface area contributed by atoms with Crippen LogP contribution in [-0.4, -0.2) is 47.6 Å². The number of carboxylic acids is 1. The van der Waals surface area contributed by atoms with Crippen molar-refractivity contribution >= 4 is 60.8 Å². The van der Waals surface area contributed by atoms with Gasteiger partial charge in [-0.15, -0.1) is 10.2 Å². The number of benzene rings is 1. The van der Waals surface area contributed by atoms with Crippen molar-refractivity contribution in [2.24, 2.45) is 5.41 Å². The van der Waals surface area contributed by atoms with E-state index in [-0.39, 0.29) is 11.1 Å². The molecule has 5 aromatic rings.